The number of ether oxygens (including phenoxy) is 1. The van der Waals surface area contributed by atoms with E-state index in [2.05, 4.69) is 15.6 Å². The molecule has 1 aliphatic heterocycles. The number of guanidine groups is 1. The van der Waals surface area contributed by atoms with Gasteiger partial charge in [0, 0.05) is 26.2 Å². The van der Waals surface area contributed by atoms with Gasteiger partial charge < -0.3 is 15.4 Å². The second kappa shape index (κ2) is 13.8. The Bertz CT molecular complexity index is 443. The Morgan fingerprint density at radius 2 is 1.82 bits per heavy atom. The molecule has 28 heavy (non-hydrogen) atoms. The maximum absolute atomic E-state index is 12.5. The van der Waals surface area contributed by atoms with E-state index in [4.69, 9.17) is 4.74 Å². The van der Waals surface area contributed by atoms with Crippen molar-refractivity contribution in [2.24, 2.45) is 10.9 Å². The van der Waals surface area contributed by atoms with Crippen molar-refractivity contribution in [2.75, 3.05) is 45.9 Å². The van der Waals surface area contributed by atoms with E-state index in [9.17, 15) is 13.2 Å². The number of nitrogens with one attached hydrogen (secondary N) is 2. The first kappa shape index (κ1) is 25.7. The third-order valence-electron chi connectivity index (χ3n) is 5.17. The first-order valence-electron chi connectivity index (χ1n) is 10.4. The maximum Gasteiger partial charge on any atom is 0.401 e. The molecule has 0 radical (unpaired) electrons. The standard InChI is InChI=1S/C19H35F3N4O.HI/c1-2-23-18(24-10-12-27-17-7-5-3-4-6-8-17)25-13-16-9-11-26(14-16)15-19(20,21)22;/h16-17H,2-15H2,1H3,(H2,23,24,25);1H. The summed E-state index contributed by atoms with van der Waals surface area (Å²) in [6.07, 6.45) is 4.49. The maximum atomic E-state index is 12.5. The molecule has 1 saturated carbocycles. The molecule has 0 amide bonds. The molecular weight excluding hydrogens is 484 g/mol. The predicted molar refractivity (Wildman–Crippen MR) is 117 cm³/mol. The lowest BCUT2D eigenvalue weighted by molar-refractivity contribution is -0.143. The van der Waals surface area contributed by atoms with Crippen LogP contribution in [0.1, 0.15) is 51.9 Å². The molecule has 0 spiro atoms. The average molecular weight is 520 g/mol. The highest BCUT2D eigenvalue weighted by atomic mass is 127. The molecule has 166 valence electrons. The zero-order chi connectivity index (χ0) is 19.5. The van der Waals surface area contributed by atoms with Crippen LogP contribution in [-0.4, -0.2) is 69.0 Å². The van der Waals surface area contributed by atoms with Gasteiger partial charge >= 0.3 is 6.18 Å². The van der Waals surface area contributed by atoms with Crippen LogP contribution in [0.4, 0.5) is 13.2 Å². The molecule has 2 fully saturated rings. The second-order valence-corrected chi connectivity index (χ2v) is 7.64. The lowest BCUT2D eigenvalue weighted by Gasteiger charge is -2.18. The van der Waals surface area contributed by atoms with Crippen LogP contribution in [0.2, 0.25) is 0 Å². The fourth-order valence-electron chi connectivity index (χ4n) is 3.82. The van der Waals surface area contributed by atoms with Crippen LogP contribution < -0.4 is 10.6 Å². The molecule has 1 atom stereocenters. The molecule has 2 N–H and O–H groups in total. The Hall–Kier alpha value is -0.290. The second-order valence-electron chi connectivity index (χ2n) is 7.64. The predicted octanol–water partition coefficient (Wildman–Crippen LogP) is 3.78. The topological polar surface area (TPSA) is 48.9 Å². The number of rotatable bonds is 8. The minimum atomic E-state index is -4.12. The SMILES string of the molecule is CCNC(=NCC1CCN(CC(F)(F)F)C1)NCCOC1CCCCCC1.I. The van der Waals surface area contributed by atoms with E-state index in [1.54, 1.807) is 0 Å². The Balaban J connectivity index is 0.00000392. The summed E-state index contributed by atoms with van der Waals surface area (Å²) < 4.78 is 43.4. The highest BCUT2D eigenvalue weighted by Crippen LogP contribution is 2.23. The Morgan fingerprint density at radius 3 is 2.46 bits per heavy atom. The molecule has 5 nitrogen and oxygen atoms in total. The molecule has 1 aliphatic carbocycles. The molecule has 1 unspecified atom stereocenters. The summed E-state index contributed by atoms with van der Waals surface area (Å²) in [5, 5.41) is 6.46. The first-order valence-corrected chi connectivity index (χ1v) is 10.4. The van der Waals surface area contributed by atoms with E-state index < -0.39 is 12.7 Å². The van der Waals surface area contributed by atoms with Gasteiger partial charge in [-0.05, 0) is 38.6 Å². The minimum Gasteiger partial charge on any atom is -0.376 e. The van der Waals surface area contributed by atoms with E-state index in [1.807, 2.05) is 6.92 Å². The molecule has 0 aromatic heterocycles. The molecule has 0 aromatic carbocycles. The van der Waals surface area contributed by atoms with Crippen molar-refractivity contribution in [3.8, 4) is 0 Å². The molecule has 2 aliphatic rings. The zero-order valence-electron chi connectivity index (χ0n) is 16.9. The van der Waals surface area contributed by atoms with Gasteiger partial charge in [-0.2, -0.15) is 13.2 Å². The highest BCUT2D eigenvalue weighted by Gasteiger charge is 2.34. The molecular formula is C19H36F3IN4O. The van der Waals surface area contributed by atoms with Crippen molar-refractivity contribution < 1.29 is 17.9 Å². The molecule has 0 aromatic rings. The fourth-order valence-corrected chi connectivity index (χ4v) is 3.82. The Kier molecular flexibility index (Phi) is 12.7. The van der Waals surface area contributed by atoms with Gasteiger partial charge in [0.05, 0.1) is 19.3 Å². The van der Waals surface area contributed by atoms with Gasteiger partial charge in [0.15, 0.2) is 5.96 Å². The van der Waals surface area contributed by atoms with Gasteiger partial charge in [-0.25, -0.2) is 0 Å². The van der Waals surface area contributed by atoms with Gasteiger partial charge in [-0.1, -0.05) is 25.7 Å². The lowest BCUT2D eigenvalue weighted by Crippen LogP contribution is -2.39. The monoisotopic (exact) mass is 520 g/mol. The van der Waals surface area contributed by atoms with Crippen molar-refractivity contribution in [1.82, 2.24) is 15.5 Å². The van der Waals surface area contributed by atoms with Gasteiger partial charge in [0.2, 0.25) is 0 Å². The first-order chi connectivity index (χ1) is 13.0. The zero-order valence-corrected chi connectivity index (χ0v) is 19.2. The summed E-state index contributed by atoms with van der Waals surface area (Å²) in [6.45, 7) is 4.79. The summed E-state index contributed by atoms with van der Waals surface area (Å²) in [6, 6.07) is 0. The van der Waals surface area contributed by atoms with E-state index in [1.165, 1.54) is 30.6 Å². The van der Waals surface area contributed by atoms with E-state index in [0.717, 1.165) is 31.8 Å². The number of hydrogen-bond acceptors (Lipinski definition) is 3. The fraction of sp³-hybridized carbons (Fsp3) is 0.947. The smallest absolute Gasteiger partial charge is 0.376 e. The normalized spacial score (nSPS) is 22.6. The third-order valence-corrected chi connectivity index (χ3v) is 5.17. The highest BCUT2D eigenvalue weighted by molar-refractivity contribution is 14.0. The van der Waals surface area contributed by atoms with Crippen molar-refractivity contribution in [3.63, 3.8) is 0 Å². The summed E-state index contributed by atoms with van der Waals surface area (Å²) >= 11 is 0. The molecule has 1 saturated heterocycles. The van der Waals surface area contributed by atoms with Crippen LogP contribution in [-0.2, 0) is 4.74 Å². The van der Waals surface area contributed by atoms with Crippen molar-refractivity contribution >= 4 is 29.9 Å². The minimum absolute atomic E-state index is 0. The lowest BCUT2D eigenvalue weighted by atomic mass is 10.1. The molecule has 1 heterocycles. The van der Waals surface area contributed by atoms with Crippen LogP contribution in [0, 0.1) is 5.92 Å². The number of likely N-dealkylation sites (tertiary alicyclic amines) is 1. The summed E-state index contributed by atoms with van der Waals surface area (Å²) in [5.74, 6) is 0.904. The summed E-state index contributed by atoms with van der Waals surface area (Å²) in [5.41, 5.74) is 0. The average Bonchev–Trinajstić information content (AvgIpc) is 2.87. The summed E-state index contributed by atoms with van der Waals surface area (Å²) in [7, 11) is 0. The van der Waals surface area contributed by atoms with E-state index in [-0.39, 0.29) is 29.9 Å². The van der Waals surface area contributed by atoms with Gasteiger partial charge in [0.1, 0.15) is 0 Å². The van der Waals surface area contributed by atoms with Gasteiger partial charge in [0.25, 0.3) is 0 Å². The number of alkyl halides is 3. The van der Waals surface area contributed by atoms with Crippen molar-refractivity contribution in [2.45, 2.75) is 64.1 Å². The molecule has 0 bridgehead atoms. The Morgan fingerprint density at radius 1 is 1.11 bits per heavy atom. The number of halogens is 4. The van der Waals surface area contributed by atoms with Crippen LogP contribution in [0.5, 0.6) is 0 Å². The number of hydrogen-bond donors (Lipinski definition) is 2. The summed E-state index contributed by atoms with van der Waals surface area (Å²) in [4.78, 5) is 6.03. The number of nitrogens with zero attached hydrogens (tertiary/aromatic N) is 2. The van der Waals surface area contributed by atoms with Gasteiger partial charge in [-0.15, -0.1) is 24.0 Å². The van der Waals surface area contributed by atoms with E-state index in [0.29, 0.717) is 38.9 Å². The van der Waals surface area contributed by atoms with Crippen LogP contribution >= 0.6 is 24.0 Å². The molecule has 9 heteroatoms. The quantitative estimate of drug-likeness (QED) is 0.168. The van der Waals surface area contributed by atoms with Gasteiger partial charge in [-0.3, -0.25) is 9.89 Å². The third kappa shape index (κ3) is 11.0. The Labute approximate surface area is 184 Å². The van der Waals surface area contributed by atoms with Crippen molar-refractivity contribution in [3.05, 3.63) is 0 Å². The van der Waals surface area contributed by atoms with Crippen LogP contribution in [0.15, 0.2) is 4.99 Å². The van der Waals surface area contributed by atoms with Crippen LogP contribution in [0.25, 0.3) is 0 Å². The number of aliphatic imine (C=N–C) groups is 1. The van der Waals surface area contributed by atoms with Crippen molar-refractivity contribution in [1.29, 1.82) is 0 Å². The van der Waals surface area contributed by atoms with Crippen LogP contribution in [0.3, 0.4) is 0 Å². The largest absolute Gasteiger partial charge is 0.401 e. The van der Waals surface area contributed by atoms with E-state index >= 15 is 0 Å². The molecule has 2 rings (SSSR count).